The SMILES string of the molecule is CCc1occc1C(=O)NCc1cccc(CO)c1. The maximum Gasteiger partial charge on any atom is 0.255 e. The highest BCUT2D eigenvalue weighted by Crippen LogP contribution is 2.11. The van der Waals surface area contributed by atoms with Crippen molar-refractivity contribution in [3.63, 3.8) is 0 Å². The molecule has 1 amide bonds. The van der Waals surface area contributed by atoms with E-state index in [1.54, 1.807) is 6.07 Å². The molecule has 100 valence electrons. The smallest absolute Gasteiger partial charge is 0.255 e. The van der Waals surface area contributed by atoms with Gasteiger partial charge in [0.25, 0.3) is 5.91 Å². The Balaban J connectivity index is 2.00. The molecule has 2 aromatic rings. The minimum atomic E-state index is -0.139. The number of benzene rings is 1. The zero-order chi connectivity index (χ0) is 13.7. The van der Waals surface area contributed by atoms with Gasteiger partial charge >= 0.3 is 0 Å². The van der Waals surface area contributed by atoms with Crippen molar-refractivity contribution in [3.8, 4) is 0 Å². The average molecular weight is 259 g/mol. The number of rotatable bonds is 5. The first-order valence-electron chi connectivity index (χ1n) is 6.27. The molecule has 0 bridgehead atoms. The molecule has 1 heterocycles. The molecule has 0 unspecified atom stereocenters. The van der Waals surface area contributed by atoms with Crippen molar-refractivity contribution < 1.29 is 14.3 Å². The second-order valence-corrected chi connectivity index (χ2v) is 4.27. The Morgan fingerprint density at radius 2 is 2.11 bits per heavy atom. The molecule has 0 fully saturated rings. The molecular weight excluding hydrogens is 242 g/mol. The minimum absolute atomic E-state index is 0.00347. The Labute approximate surface area is 112 Å². The zero-order valence-electron chi connectivity index (χ0n) is 10.8. The van der Waals surface area contributed by atoms with Gasteiger partial charge in [0.2, 0.25) is 0 Å². The van der Waals surface area contributed by atoms with Gasteiger partial charge in [-0.1, -0.05) is 31.2 Å². The van der Waals surface area contributed by atoms with Gasteiger partial charge in [-0.3, -0.25) is 4.79 Å². The molecule has 19 heavy (non-hydrogen) atoms. The number of hydrogen-bond acceptors (Lipinski definition) is 3. The van der Waals surface area contributed by atoms with E-state index in [0.29, 0.717) is 24.3 Å². The molecule has 2 N–H and O–H groups in total. The van der Waals surface area contributed by atoms with E-state index in [9.17, 15) is 4.79 Å². The molecule has 2 rings (SSSR count). The molecular formula is C15H17NO3. The maximum absolute atomic E-state index is 12.0. The van der Waals surface area contributed by atoms with Crippen LogP contribution in [0.3, 0.4) is 0 Å². The Kier molecular flexibility index (Phi) is 4.36. The van der Waals surface area contributed by atoms with E-state index in [4.69, 9.17) is 9.52 Å². The van der Waals surface area contributed by atoms with E-state index in [0.717, 1.165) is 11.1 Å². The lowest BCUT2D eigenvalue weighted by molar-refractivity contribution is 0.0949. The van der Waals surface area contributed by atoms with Crippen molar-refractivity contribution in [2.24, 2.45) is 0 Å². The van der Waals surface area contributed by atoms with Crippen LogP contribution in [0.5, 0.6) is 0 Å². The first-order chi connectivity index (χ1) is 9.24. The van der Waals surface area contributed by atoms with Crippen molar-refractivity contribution in [2.75, 3.05) is 0 Å². The quantitative estimate of drug-likeness (QED) is 0.865. The summed E-state index contributed by atoms with van der Waals surface area (Å²) in [6, 6.07) is 9.17. The lowest BCUT2D eigenvalue weighted by Gasteiger charge is -2.06. The van der Waals surface area contributed by atoms with Crippen LogP contribution in [0.2, 0.25) is 0 Å². The van der Waals surface area contributed by atoms with E-state index in [-0.39, 0.29) is 12.5 Å². The molecule has 0 saturated carbocycles. The fourth-order valence-corrected chi connectivity index (χ4v) is 1.93. The molecule has 0 aliphatic carbocycles. The van der Waals surface area contributed by atoms with Crippen molar-refractivity contribution in [1.29, 1.82) is 0 Å². The Morgan fingerprint density at radius 3 is 2.84 bits per heavy atom. The number of hydrogen-bond donors (Lipinski definition) is 2. The van der Waals surface area contributed by atoms with Crippen LogP contribution >= 0.6 is 0 Å². The summed E-state index contributed by atoms with van der Waals surface area (Å²) in [7, 11) is 0. The number of aryl methyl sites for hydroxylation is 1. The lowest BCUT2D eigenvalue weighted by Crippen LogP contribution is -2.23. The molecule has 0 spiro atoms. The van der Waals surface area contributed by atoms with E-state index in [2.05, 4.69) is 5.32 Å². The lowest BCUT2D eigenvalue weighted by atomic mass is 10.1. The molecule has 0 radical (unpaired) electrons. The standard InChI is InChI=1S/C15H17NO3/c1-2-14-13(6-7-19-14)15(18)16-9-11-4-3-5-12(8-11)10-17/h3-8,17H,2,9-10H2,1H3,(H,16,18). The van der Waals surface area contributed by atoms with E-state index in [1.807, 2.05) is 31.2 Å². The predicted molar refractivity (Wildman–Crippen MR) is 71.6 cm³/mol. The van der Waals surface area contributed by atoms with Crippen LogP contribution < -0.4 is 5.32 Å². The van der Waals surface area contributed by atoms with E-state index >= 15 is 0 Å². The summed E-state index contributed by atoms with van der Waals surface area (Å²) >= 11 is 0. The molecule has 1 aromatic carbocycles. The third kappa shape index (κ3) is 3.23. The van der Waals surface area contributed by atoms with Crippen molar-refractivity contribution in [3.05, 3.63) is 59.0 Å². The number of aliphatic hydroxyl groups is 1. The summed E-state index contributed by atoms with van der Waals surface area (Å²) in [5, 5.41) is 11.9. The number of amides is 1. The molecule has 4 nitrogen and oxygen atoms in total. The summed E-state index contributed by atoms with van der Waals surface area (Å²) in [6.07, 6.45) is 2.22. The summed E-state index contributed by atoms with van der Waals surface area (Å²) in [6.45, 7) is 2.38. The Bertz CT molecular complexity index is 560. The van der Waals surface area contributed by atoms with Crippen LogP contribution in [0.25, 0.3) is 0 Å². The van der Waals surface area contributed by atoms with Gasteiger partial charge in [-0.2, -0.15) is 0 Å². The van der Waals surface area contributed by atoms with Gasteiger partial charge in [0.15, 0.2) is 0 Å². The number of furan rings is 1. The number of carbonyl (C=O) groups excluding carboxylic acids is 1. The van der Waals surface area contributed by atoms with Crippen LogP contribution in [0.15, 0.2) is 41.0 Å². The fourth-order valence-electron chi connectivity index (χ4n) is 1.93. The van der Waals surface area contributed by atoms with Gasteiger partial charge in [0.05, 0.1) is 18.4 Å². The second-order valence-electron chi connectivity index (χ2n) is 4.27. The second kappa shape index (κ2) is 6.20. The van der Waals surface area contributed by atoms with Crippen LogP contribution in [0.1, 0.15) is 34.2 Å². The van der Waals surface area contributed by atoms with Gasteiger partial charge in [0, 0.05) is 13.0 Å². The van der Waals surface area contributed by atoms with Crippen LogP contribution in [-0.4, -0.2) is 11.0 Å². The Hall–Kier alpha value is -2.07. The normalized spacial score (nSPS) is 10.4. The van der Waals surface area contributed by atoms with Gasteiger partial charge in [0.1, 0.15) is 5.76 Å². The third-order valence-corrected chi connectivity index (χ3v) is 2.94. The topological polar surface area (TPSA) is 62.5 Å². The van der Waals surface area contributed by atoms with Crippen molar-refractivity contribution in [1.82, 2.24) is 5.32 Å². The summed E-state index contributed by atoms with van der Waals surface area (Å²) in [4.78, 5) is 12.0. The third-order valence-electron chi connectivity index (χ3n) is 2.94. The highest BCUT2D eigenvalue weighted by Gasteiger charge is 2.12. The first kappa shape index (κ1) is 13.4. The maximum atomic E-state index is 12.0. The van der Waals surface area contributed by atoms with Crippen LogP contribution in [-0.2, 0) is 19.6 Å². The molecule has 0 aliphatic heterocycles. The number of aliphatic hydroxyl groups excluding tert-OH is 1. The van der Waals surface area contributed by atoms with E-state index < -0.39 is 0 Å². The van der Waals surface area contributed by atoms with Gasteiger partial charge < -0.3 is 14.8 Å². The van der Waals surface area contributed by atoms with Crippen LogP contribution in [0.4, 0.5) is 0 Å². The minimum Gasteiger partial charge on any atom is -0.469 e. The van der Waals surface area contributed by atoms with Crippen molar-refractivity contribution in [2.45, 2.75) is 26.5 Å². The largest absolute Gasteiger partial charge is 0.469 e. The monoisotopic (exact) mass is 259 g/mol. The summed E-state index contributed by atoms with van der Waals surface area (Å²) in [5.74, 6) is 0.557. The molecule has 0 saturated heterocycles. The van der Waals surface area contributed by atoms with Gasteiger partial charge in [-0.05, 0) is 17.2 Å². The fraction of sp³-hybridized carbons (Fsp3) is 0.267. The van der Waals surface area contributed by atoms with E-state index in [1.165, 1.54) is 6.26 Å². The summed E-state index contributed by atoms with van der Waals surface area (Å²) in [5.41, 5.74) is 2.38. The first-order valence-corrected chi connectivity index (χ1v) is 6.27. The molecule has 0 aliphatic rings. The number of carbonyl (C=O) groups is 1. The van der Waals surface area contributed by atoms with Crippen LogP contribution in [0, 0.1) is 0 Å². The molecule has 0 atom stereocenters. The highest BCUT2D eigenvalue weighted by atomic mass is 16.3. The highest BCUT2D eigenvalue weighted by molar-refractivity contribution is 5.95. The predicted octanol–water partition coefficient (Wildman–Crippen LogP) is 2.26. The van der Waals surface area contributed by atoms with Gasteiger partial charge in [-0.25, -0.2) is 0 Å². The molecule has 1 aromatic heterocycles. The Morgan fingerprint density at radius 1 is 1.32 bits per heavy atom. The number of nitrogens with one attached hydrogen (secondary N) is 1. The van der Waals surface area contributed by atoms with Gasteiger partial charge in [-0.15, -0.1) is 0 Å². The van der Waals surface area contributed by atoms with Crippen molar-refractivity contribution >= 4 is 5.91 Å². The zero-order valence-corrected chi connectivity index (χ0v) is 10.8. The average Bonchev–Trinajstić information content (AvgIpc) is 2.93. The molecule has 4 heteroatoms. The summed E-state index contributed by atoms with van der Waals surface area (Å²) < 4.78 is 5.23.